The van der Waals surface area contributed by atoms with Crippen LogP contribution in [0.3, 0.4) is 0 Å². The fourth-order valence-electron chi connectivity index (χ4n) is 3.14. The molecular weight excluding hydrogens is 407 g/mol. The molecule has 29 heavy (non-hydrogen) atoms. The monoisotopic (exact) mass is 434 g/mol. The largest absolute Gasteiger partial charge is 0.354 e. The van der Waals surface area contributed by atoms with Crippen molar-refractivity contribution < 1.29 is 9.59 Å². The predicted octanol–water partition coefficient (Wildman–Crippen LogP) is 5.26. The number of amides is 2. The first-order valence-corrected chi connectivity index (χ1v) is 10.8. The van der Waals surface area contributed by atoms with E-state index in [9.17, 15) is 9.59 Å². The van der Waals surface area contributed by atoms with Crippen molar-refractivity contribution in [3.63, 3.8) is 0 Å². The number of unbranched alkanes of at least 4 members (excludes halogenated alkanes) is 1. The first kappa shape index (κ1) is 23.2. The van der Waals surface area contributed by atoms with Crippen molar-refractivity contribution in [1.82, 2.24) is 10.2 Å². The van der Waals surface area contributed by atoms with Crippen molar-refractivity contribution in [2.24, 2.45) is 0 Å². The molecule has 4 nitrogen and oxygen atoms in total. The molecule has 0 aromatic heterocycles. The lowest BCUT2D eigenvalue weighted by Crippen LogP contribution is -2.49. The van der Waals surface area contributed by atoms with Gasteiger partial charge in [0.05, 0.1) is 6.42 Å². The zero-order valence-corrected chi connectivity index (χ0v) is 18.5. The Hall–Kier alpha value is -2.04. The molecule has 0 bridgehead atoms. The lowest BCUT2D eigenvalue weighted by atomic mass is 10.1. The van der Waals surface area contributed by atoms with E-state index in [-0.39, 0.29) is 18.2 Å². The maximum atomic E-state index is 13.2. The lowest BCUT2D eigenvalue weighted by molar-refractivity contribution is -0.140. The number of carbonyl (C=O) groups excluding carboxylic acids is 2. The van der Waals surface area contributed by atoms with Gasteiger partial charge in [-0.05, 0) is 48.2 Å². The molecule has 0 saturated heterocycles. The van der Waals surface area contributed by atoms with Crippen molar-refractivity contribution in [1.29, 1.82) is 0 Å². The summed E-state index contributed by atoms with van der Waals surface area (Å²) >= 11 is 12.0. The Bertz CT molecular complexity index is 809. The van der Waals surface area contributed by atoms with Gasteiger partial charge >= 0.3 is 0 Å². The highest BCUT2D eigenvalue weighted by Gasteiger charge is 2.28. The Morgan fingerprint density at radius 1 is 1.00 bits per heavy atom. The quantitative estimate of drug-likeness (QED) is 0.518. The third kappa shape index (κ3) is 7.37. The van der Waals surface area contributed by atoms with Gasteiger partial charge < -0.3 is 10.2 Å². The van der Waals surface area contributed by atoms with Crippen LogP contribution in [0.1, 0.15) is 44.2 Å². The predicted molar refractivity (Wildman–Crippen MR) is 119 cm³/mol. The van der Waals surface area contributed by atoms with Gasteiger partial charge in [-0.1, -0.05) is 67.7 Å². The second-order valence-electron chi connectivity index (χ2n) is 7.02. The minimum atomic E-state index is -0.533. The topological polar surface area (TPSA) is 49.4 Å². The SMILES string of the molecule is CCCCNC(=O)C(CC)N(Cc1ccc(Cl)cc1)C(=O)Cc1cccc(Cl)c1. The molecule has 0 saturated carbocycles. The first-order chi connectivity index (χ1) is 13.9. The van der Waals surface area contributed by atoms with Gasteiger partial charge in [-0.15, -0.1) is 0 Å². The molecule has 1 atom stereocenters. The molecule has 0 aliphatic carbocycles. The number of nitrogens with one attached hydrogen (secondary N) is 1. The molecule has 2 aromatic rings. The second kappa shape index (κ2) is 11.8. The zero-order valence-electron chi connectivity index (χ0n) is 17.0. The molecule has 2 rings (SSSR count). The van der Waals surface area contributed by atoms with Gasteiger partial charge in [0.2, 0.25) is 11.8 Å². The van der Waals surface area contributed by atoms with Gasteiger partial charge in [-0.3, -0.25) is 9.59 Å². The minimum Gasteiger partial charge on any atom is -0.354 e. The van der Waals surface area contributed by atoms with Gasteiger partial charge in [0.15, 0.2) is 0 Å². The summed E-state index contributed by atoms with van der Waals surface area (Å²) in [6, 6.07) is 14.1. The normalized spacial score (nSPS) is 11.7. The van der Waals surface area contributed by atoms with E-state index in [1.165, 1.54) is 0 Å². The molecule has 0 spiro atoms. The highest BCUT2D eigenvalue weighted by Crippen LogP contribution is 2.18. The van der Waals surface area contributed by atoms with Crippen LogP contribution in [0.4, 0.5) is 0 Å². The maximum Gasteiger partial charge on any atom is 0.242 e. The summed E-state index contributed by atoms with van der Waals surface area (Å²) in [5.41, 5.74) is 1.75. The molecule has 156 valence electrons. The van der Waals surface area contributed by atoms with Gasteiger partial charge in [-0.2, -0.15) is 0 Å². The van der Waals surface area contributed by atoms with Crippen molar-refractivity contribution >= 4 is 35.0 Å². The summed E-state index contributed by atoms with van der Waals surface area (Å²) < 4.78 is 0. The highest BCUT2D eigenvalue weighted by molar-refractivity contribution is 6.30. The molecule has 2 aromatic carbocycles. The van der Waals surface area contributed by atoms with E-state index in [4.69, 9.17) is 23.2 Å². The summed E-state index contributed by atoms with van der Waals surface area (Å²) in [5, 5.41) is 4.18. The lowest BCUT2D eigenvalue weighted by Gasteiger charge is -2.31. The van der Waals surface area contributed by atoms with E-state index in [0.717, 1.165) is 24.0 Å². The Morgan fingerprint density at radius 3 is 2.34 bits per heavy atom. The van der Waals surface area contributed by atoms with Crippen molar-refractivity contribution in [3.05, 3.63) is 69.7 Å². The molecule has 0 radical (unpaired) electrons. The maximum absolute atomic E-state index is 13.2. The van der Waals surface area contributed by atoms with E-state index in [2.05, 4.69) is 12.2 Å². The molecule has 1 unspecified atom stereocenters. The van der Waals surface area contributed by atoms with Crippen LogP contribution in [0.25, 0.3) is 0 Å². The summed E-state index contributed by atoms with van der Waals surface area (Å²) in [4.78, 5) is 27.7. The third-order valence-electron chi connectivity index (χ3n) is 4.73. The first-order valence-electron chi connectivity index (χ1n) is 10.0. The zero-order chi connectivity index (χ0) is 21.2. The number of carbonyl (C=O) groups is 2. The minimum absolute atomic E-state index is 0.111. The number of benzene rings is 2. The smallest absolute Gasteiger partial charge is 0.242 e. The number of rotatable bonds is 10. The Labute approximate surface area is 183 Å². The van der Waals surface area contributed by atoms with Crippen LogP contribution in [0.15, 0.2) is 48.5 Å². The van der Waals surface area contributed by atoms with Gasteiger partial charge in [0.25, 0.3) is 0 Å². The molecule has 1 N–H and O–H groups in total. The van der Waals surface area contributed by atoms with Crippen molar-refractivity contribution in [2.75, 3.05) is 6.54 Å². The van der Waals surface area contributed by atoms with E-state index in [1.54, 1.807) is 29.2 Å². The molecule has 0 aliphatic rings. The molecule has 0 fully saturated rings. The average Bonchev–Trinajstić information content (AvgIpc) is 2.69. The van der Waals surface area contributed by atoms with E-state index in [0.29, 0.717) is 29.6 Å². The number of halogens is 2. The average molecular weight is 435 g/mol. The van der Waals surface area contributed by atoms with Crippen LogP contribution in [-0.2, 0) is 22.6 Å². The van der Waals surface area contributed by atoms with E-state index >= 15 is 0 Å². The summed E-state index contributed by atoms with van der Waals surface area (Å²) in [6.45, 7) is 4.95. The van der Waals surface area contributed by atoms with Crippen LogP contribution < -0.4 is 5.32 Å². The van der Waals surface area contributed by atoms with Crippen molar-refractivity contribution in [2.45, 2.75) is 52.1 Å². The fraction of sp³-hybridized carbons (Fsp3) is 0.391. The molecule has 0 heterocycles. The standard InChI is InChI=1S/C23H28Cl2N2O2/c1-3-5-13-26-23(29)21(4-2)27(16-17-9-11-19(24)12-10-17)22(28)15-18-7-6-8-20(25)14-18/h6-12,14,21H,3-5,13,15-16H2,1-2H3,(H,26,29). The van der Waals surface area contributed by atoms with Crippen LogP contribution in [0.2, 0.25) is 10.0 Å². The highest BCUT2D eigenvalue weighted by atomic mass is 35.5. The summed E-state index contributed by atoms with van der Waals surface area (Å²) in [6.07, 6.45) is 2.63. The molecule has 0 aliphatic heterocycles. The van der Waals surface area contributed by atoms with E-state index in [1.807, 2.05) is 31.2 Å². The Balaban J connectivity index is 2.23. The van der Waals surface area contributed by atoms with Gasteiger partial charge in [0, 0.05) is 23.1 Å². The second-order valence-corrected chi connectivity index (χ2v) is 7.90. The van der Waals surface area contributed by atoms with Crippen molar-refractivity contribution in [3.8, 4) is 0 Å². The van der Waals surface area contributed by atoms with E-state index < -0.39 is 6.04 Å². The fourth-order valence-corrected chi connectivity index (χ4v) is 3.47. The Kier molecular flexibility index (Phi) is 9.49. The number of hydrogen-bond donors (Lipinski definition) is 1. The van der Waals surface area contributed by atoms with Gasteiger partial charge in [0.1, 0.15) is 6.04 Å². The number of hydrogen-bond acceptors (Lipinski definition) is 2. The summed E-state index contributed by atoms with van der Waals surface area (Å²) in [7, 11) is 0. The third-order valence-corrected chi connectivity index (χ3v) is 5.21. The van der Waals surface area contributed by atoms with Crippen LogP contribution in [0.5, 0.6) is 0 Å². The molecular formula is C23H28Cl2N2O2. The van der Waals surface area contributed by atoms with Gasteiger partial charge in [-0.25, -0.2) is 0 Å². The van der Waals surface area contributed by atoms with Crippen LogP contribution in [-0.4, -0.2) is 29.3 Å². The molecule has 6 heteroatoms. The Morgan fingerprint density at radius 2 is 1.72 bits per heavy atom. The van der Waals surface area contributed by atoms with Crippen LogP contribution >= 0.6 is 23.2 Å². The van der Waals surface area contributed by atoms with Crippen LogP contribution in [0, 0.1) is 0 Å². The molecule has 2 amide bonds. The number of nitrogens with zero attached hydrogens (tertiary/aromatic N) is 1. The summed E-state index contributed by atoms with van der Waals surface area (Å²) in [5.74, 6) is -0.228.